The first kappa shape index (κ1) is 9.59. The minimum absolute atomic E-state index is 0.0800. The summed E-state index contributed by atoms with van der Waals surface area (Å²) < 4.78 is 24.0. The molecule has 0 radical (unpaired) electrons. The van der Waals surface area contributed by atoms with E-state index < -0.39 is 6.43 Å². The zero-order chi connectivity index (χ0) is 7.11. The monoisotopic (exact) mass is 248 g/mol. The lowest BCUT2D eigenvalue weighted by Crippen LogP contribution is -1.89. The van der Waals surface area contributed by atoms with Crippen LogP contribution in [0.25, 0.3) is 0 Å². The van der Waals surface area contributed by atoms with Gasteiger partial charge in [0.05, 0.1) is 0 Å². The van der Waals surface area contributed by atoms with Gasteiger partial charge in [-0.15, -0.1) is 0 Å². The van der Waals surface area contributed by atoms with Gasteiger partial charge in [0.15, 0.2) is 0 Å². The fraction of sp³-hybridized carbons (Fsp3) is 1.00. The third kappa shape index (κ3) is 8.59. The van der Waals surface area contributed by atoms with Gasteiger partial charge >= 0.3 is 0 Å². The quantitative estimate of drug-likeness (QED) is 0.398. The summed E-state index contributed by atoms with van der Waals surface area (Å²) in [4.78, 5) is 0. The highest BCUT2D eigenvalue weighted by Gasteiger charge is 1.99. The van der Waals surface area contributed by atoms with Crippen molar-refractivity contribution in [2.45, 2.75) is 32.1 Å². The molecule has 0 rings (SSSR count). The summed E-state index contributed by atoms with van der Waals surface area (Å²) in [6.07, 6.45) is 0.692. The molecule has 0 saturated heterocycles. The van der Waals surface area contributed by atoms with Crippen LogP contribution in [0, 0.1) is 0 Å². The summed E-state index contributed by atoms with van der Waals surface area (Å²) in [5, 5.41) is 0. The smallest absolute Gasteiger partial charge is 0.211 e. The molecule has 0 fully saturated rings. The first-order chi connectivity index (χ1) is 4.27. The summed E-state index contributed by atoms with van der Waals surface area (Å²) in [5.41, 5.74) is 0. The van der Waals surface area contributed by atoms with Gasteiger partial charge in [0.2, 0.25) is 6.43 Å². The molecule has 0 aliphatic heterocycles. The number of rotatable bonds is 5. The molecule has 0 amide bonds. The van der Waals surface area contributed by atoms with Crippen molar-refractivity contribution in [1.82, 2.24) is 0 Å². The predicted octanol–water partition coefficient (Wildman–Crippen LogP) is 3.25. The van der Waals surface area contributed by atoms with Crippen molar-refractivity contribution in [2.24, 2.45) is 0 Å². The van der Waals surface area contributed by atoms with Crippen molar-refractivity contribution in [3.05, 3.63) is 0 Å². The molecule has 0 saturated carbocycles. The van der Waals surface area contributed by atoms with E-state index in [1.54, 1.807) is 0 Å². The lowest BCUT2D eigenvalue weighted by Gasteiger charge is -1.96. The van der Waals surface area contributed by atoms with E-state index >= 15 is 0 Å². The molecular weight excluding hydrogens is 237 g/mol. The van der Waals surface area contributed by atoms with Crippen LogP contribution in [-0.2, 0) is 0 Å². The Balaban J connectivity index is 2.75. The number of alkyl halides is 3. The maximum Gasteiger partial charge on any atom is 0.238 e. The van der Waals surface area contributed by atoms with Crippen LogP contribution in [-0.4, -0.2) is 10.9 Å². The molecule has 0 N–H and O–H groups in total. The van der Waals surface area contributed by atoms with E-state index in [1.165, 1.54) is 0 Å². The van der Waals surface area contributed by atoms with E-state index in [2.05, 4.69) is 22.6 Å². The Labute approximate surface area is 68.2 Å². The number of unbranched alkanes of at least 4 members (excludes halogenated alkanes) is 2. The number of hydrogen-bond acceptors (Lipinski definition) is 0. The molecule has 3 heteroatoms. The molecule has 0 aliphatic rings. The molecule has 0 unspecified atom stereocenters. The second-order valence-corrected chi connectivity index (χ2v) is 3.01. The van der Waals surface area contributed by atoms with E-state index in [0.29, 0.717) is 6.42 Å². The fourth-order valence-corrected chi connectivity index (χ4v) is 1.11. The first-order valence-corrected chi connectivity index (χ1v) is 4.64. The summed E-state index contributed by atoms with van der Waals surface area (Å²) in [7, 11) is 0. The van der Waals surface area contributed by atoms with Crippen LogP contribution in [0.4, 0.5) is 8.78 Å². The van der Waals surface area contributed by atoms with Crippen molar-refractivity contribution in [2.75, 3.05) is 4.43 Å². The van der Waals surface area contributed by atoms with Crippen LogP contribution in [0.1, 0.15) is 25.7 Å². The maximum absolute atomic E-state index is 11.5. The number of hydrogen-bond donors (Lipinski definition) is 0. The lowest BCUT2D eigenvalue weighted by atomic mass is 10.2. The Kier molecular flexibility index (Phi) is 7.15. The zero-order valence-electron chi connectivity index (χ0n) is 5.25. The molecule has 0 spiro atoms. The van der Waals surface area contributed by atoms with Gasteiger partial charge in [-0.1, -0.05) is 29.0 Å². The van der Waals surface area contributed by atoms with E-state index in [0.717, 1.165) is 17.3 Å². The van der Waals surface area contributed by atoms with Gasteiger partial charge in [0.1, 0.15) is 0 Å². The molecule has 0 aromatic rings. The van der Waals surface area contributed by atoms with Crippen molar-refractivity contribution in [1.29, 1.82) is 0 Å². The highest BCUT2D eigenvalue weighted by atomic mass is 127. The Hall–Kier alpha value is 0.590. The SMILES string of the molecule is FC(F)CCCCCI. The Morgan fingerprint density at radius 1 is 1.11 bits per heavy atom. The van der Waals surface area contributed by atoms with Gasteiger partial charge in [0.25, 0.3) is 0 Å². The molecular formula is C6H11F2I. The molecule has 0 atom stereocenters. The maximum atomic E-state index is 11.5. The largest absolute Gasteiger partial charge is 0.238 e. The average Bonchev–Trinajstić information content (AvgIpc) is 1.80. The number of halogens is 3. The van der Waals surface area contributed by atoms with Gasteiger partial charge in [-0.3, -0.25) is 0 Å². The van der Waals surface area contributed by atoms with Gasteiger partial charge in [-0.2, -0.15) is 0 Å². The van der Waals surface area contributed by atoms with Crippen LogP contribution in [0.15, 0.2) is 0 Å². The molecule has 56 valence electrons. The van der Waals surface area contributed by atoms with Gasteiger partial charge < -0.3 is 0 Å². The fourth-order valence-electron chi connectivity index (χ4n) is 0.570. The minimum atomic E-state index is -2.10. The van der Waals surface area contributed by atoms with E-state index in [-0.39, 0.29) is 6.42 Å². The molecule has 0 nitrogen and oxygen atoms in total. The summed E-state index contributed by atoms with van der Waals surface area (Å²) in [6, 6.07) is 0. The highest BCUT2D eigenvalue weighted by molar-refractivity contribution is 14.1. The minimum Gasteiger partial charge on any atom is -0.211 e. The van der Waals surface area contributed by atoms with E-state index in [9.17, 15) is 8.78 Å². The van der Waals surface area contributed by atoms with Crippen molar-refractivity contribution in [3.63, 3.8) is 0 Å². The van der Waals surface area contributed by atoms with Gasteiger partial charge in [-0.25, -0.2) is 8.78 Å². The van der Waals surface area contributed by atoms with Crippen LogP contribution in [0.3, 0.4) is 0 Å². The summed E-state index contributed by atoms with van der Waals surface area (Å²) in [6.45, 7) is 0. The second-order valence-electron chi connectivity index (χ2n) is 1.93. The summed E-state index contributed by atoms with van der Waals surface area (Å²) in [5.74, 6) is 0. The van der Waals surface area contributed by atoms with Gasteiger partial charge in [-0.05, 0) is 17.3 Å². The summed E-state index contributed by atoms with van der Waals surface area (Å²) >= 11 is 2.26. The molecule has 0 bridgehead atoms. The van der Waals surface area contributed by atoms with Crippen LogP contribution in [0.2, 0.25) is 0 Å². The highest BCUT2D eigenvalue weighted by Crippen LogP contribution is 2.07. The van der Waals surface area contributed by atoms with Crippen LogP contribution in [0.5, 0.6) is 0 Å². The zero-order valence-corrected chi connectivity index (χ0v) is 7.40. The third-order valence-electron chi connectivity index (χ3n) is 1.06. The average molecular weight is 248 g/mol. The van der Waals surface area contributed by atoms with Gasteiger partial charge in [0, 0.05) is 6.42 Å². The molecule has 0 aliphatic carbocycles. The predicted molar refractivity (Wildman–Crippen MR) is 43.4 cm³/mol. The standard InChI is InChI=1S/C6H11F2I/c7-6(8)4-2-1-3-5-9/h6H,1-5H2. The first-order valence-electron chi connectivity index (χ1n) is 3.11. The second kappa shape index (κ2) is 6.71. The normalized spacial score (nSPS) is 10.7. The van der Waals surface area contributed by atoms with Crippen molar-refractivity contribution in [3.8, 4) is 0 Å². The molecule has 9 heavy (non-hydrogen) atoms. The van der Waals surface area contributed by atoms with Crippen LogP contribution < -0.4 is 0 Å². The van der Waals surface area contributed by atoms with Crippen LogP contribution >= 0.6 is 22.6 Å². The molecule has 0 aromatic heterocycles. The van der Waals surface area contributed by atoms with E-state index in [4.69, 9.17) is 0 Å². The Bertz CT molecular complexity index is 57.0. The van der Waals surface area contributed by atoms with Crippen molar-refractivity contribution >= 4 is 22.6 Å². The molecule has 0 aromatic carbocycles. The Morgan fingerprint density at radius 2 is 1.78 bits per heavy atom. The Morgan fingerprint density at radius 3 is 2.22 bits per heavy atom. The topological polar surface area (TPSA) is 0 Å². The van der Waals surface area contributed by atoms with E-state index in [1.807, 2.05) is 0 Å². The molecule has 0 heterocycles. The lowest BCUT2D eigenvalue weighted by molar-refractivity contribution is 0.134. The van der Waals surface area contributed by atoms with Crippen molar-refractivity contribution < 1.29 is 8.78 Å². The third-order valence-corrected chi connectivity index (χ3v) is 1.82.